The van der Waals surface area contributed by atoms with Crippen LogP contribution in [-0.4, -0.2) is 36.4 Å². The molecule has 0 aliphatic heterocycles. The maximum Gasteiger partial charge on any atom is 0.261 e. The van der Waals surface area contributed by atoms with E-state index in [1.807, 2.05) is 85.8 Å². The minimum atomic E-state index is -0.665. The summed E-state index contributed by atoms with van der Waals surface area (Å²) in [6.45, 7) is 8.65. The molecule has 3 aromatic rings. The first-order valence-electron chi connectivity index (χ1n) is 12.0. The fourth-order valence-corrected chi connectivity index (χ4v) is 3.97. The lowest BCUT2D eigenvalue weighted by Gasteiger charge is -2.31. The van der Waals surface area contributed by atoms with Gasteiger partial charge in [-0.1, -0.05) is 87.5 Å². The van der Waals surface area contributed by atoms with E-state index in [0.29, 0.717) is 18.7 Å². The molecule has 0 radical (unpaired) electrons. The molecule has 184 valence electrons. The van der Waals surface area contributed by atoms with Gasteiger partial charge >= 0.3 is 0 Å². The van der Waals surface area contributed by atoms with Gasteiger partial charge < -0.3 is 15.0 Å². The molecule has 0 aromatic heterocycles. The second-order valence-electron chi connectivity index (χ2n) is 9.83. The molecule has 0 unspecified atom stereocenters. The van der Waals surface area contributed by atoms with Gasteiger partial charge in [-0.3, -0.25) is 9.59 Å². The lowest BCUT2D eigenvalue weighted by molar-refractivity contribution is -0.142. The molecule has 35 heavy (non-hydrogen) atoms. The monoisotopic (exact) mass is 472 g/mol. The maximum atomic E-state index is 13.5. The third-order valence-electron chi connectivity index (χ3n) is 6.20. The van der Waals surface area contributed by atoms with Crippen molar-refractivity contribution >= 4 is 11.8 Å². The SMILES string of the molecule is CNC(=O)[C@H](Cc1ccccc1)N(Cc1ccccc1C)C(=O)COc1ccc(C(C)(C)C)cc1. The van der Waals surface area contributed by atoms with Crippen LogP contribution in [0.2, 0.25) is 0 Å². The van der Waals surface area contributed by atoms with E-state index in [-0.39, 0.29) is 23.8 Å². The van der Waals surface area contributed by atoms with Crippen LogP contribution in [0.3, 0.4) is 0 Å². The quantitative estimate of drug-likeness (QED) is 0.474. The van der Waals surface area contributed by atoms with Gasteiger partial charge in [0.25, 0.3) is 5.91 Å². The molecule has 0 aliphatic rings. The van der Waals surface area contributed by atoms with Crippen LogP contribution in [0.1, 0.15) is 43.0 Å². The van der Waals surface area contributed by atoms with Crippen LogP contribution in [0.15, 0.2) is 78.9 Å². The van der Waals surface area contributed by atoms with Crippen LogP contribution in [0.5, 0.6) is 5.75 Å². The largest absolute Gasteiger partial charge is 0.484 e. The Kier molecular flexibility index (Phi) is 8.69. The number of ether oxygens (including phenoxy) is 1. The Morgan fingerprint density at radius 2 is 1.54 bits per heavy atom. The Morgan fingerprint density at radius 1 is 0.914 bits per heavy atom. The van der Waals surface area contributed by atoms with Crippen LogP contribution in [0.25, 0.3) is 0 Å². The average Bonchev–Trinajstić information content (AvgIpc) is 2.85. The highest BCUT2D eigenvalue weighted by molar-refractivity contribution is 5.88. The number of likely N-dealkylation sites (N-methyl/N-ethyl adjacent to an activating group) is 1. The summed E-state index contributed by atoms with van der Waals surface area (Å²) in [6, 6.07) is 24.8. The molecular formula is C30H36N2O3. The van der Waals surface area contributed by atoms with Crippen LogP contribution < -0.4 is 10.1 Å². The van der Waals surface area contributed by atoms with Gasteiger partial charge in [-0.05, 0) is 46.7 Å². The topological polar surface area (TPSA) is 58.6 Å². The molecule has 0 bridgehead atoms. The number of carbonyl (C=O) groups is 2. The molecule has 0 heterocycles. The number of carbonyl (C=O) groups excluding carboxylic acids is 2. The fraction of sp³-hybridized carbons (Fsp3) is 0.333. The van der Waals surface area contributed by atoms with E-state index in [0.717, 1.165) is 16.7 Å². The normalized spacial score (nSPS) is 12.0. The second-order valence-corrected chi connectivity index (χ2v) is 9.83. The fourth-order valence-electron chi connectivity index (χ4n) is 3.97. The van der Waals surface area contributed by atoms with Crippen molar-refractivity contribution in [2.24, 2.45) is 0 Å². The summed E-state index contributed by atoms with van der Waals surface area (Å²) < 4.78 is 5.88. The summed E-state index contributed by atoms with van der Waals surface area (Å²) >= 11 is 0. The number of rotatable bonds is 9. The van der Waals surface area contributed by atoms with Gasteiger partial charge in [0.05, 0.1) is 0 Å². The van der Waals surface area contributed by atoms with E-state index >= 15 is 0 Å². The number of hydrogen-bond acceptors (Lipinski definition) is 3. The number of benzene rings is 3. The summed E-state index contributed by atoms with van der Waals surface area (Å²) in [5, 5.41) is 2.74. The number of hydrogen-bond donors (Lipinski definition) is 1. The van der Waals surface area contributed by atoms with E-state index in [2.05, 4.69) is 26.1 Å². The van der Waals surface area contributed by atoms with Gasteiger partial charge in [0.2, 0.25) is 5.91 Å². The van der Waals surface area contributed by atoms with E-state index < -0.39 is 6.04 Å². The summed E-state index contributed by atoms with van der Waals surface area (Å²) in [4.78, 5) is 28.2. The summed E-state index contributed by atoms with van der Waals surface area (Å²) in [5.41, 5.74) is 4.29. The molecule has 1 N–H and O–H groups in total. The van der Waals surface area contributed by atoms with Gasteiger partial charge in [0, 0.05) is 20.0 Å². The van der Waals surface area contributed by atoms with Crippen molar-refractivity contribution in [3.05, 3.63) is 101 Å². The Morgan fingerprint density at radius 3 is 2.14 bits per heavy atom. The van der Waals surface area contributed by atoms with E-state index in [4.69, 9.17) is 4.74 Å². The van der Waals surface area contributed by atoms with Crippen LogP contribution >= 0.6 is 0 Å². The highest BCUT2D eigenvalue weighted by atomic mass is 16.5. The van der Waals surface area contributed by atoms with Crippen molar-refractivity contribution in [2.75, 3.05) is 13.7 Å². The summed E-state index contributed by atoms with van der Waals surface area (Å²) in [5.74, 6) is 0.185. The first-order valence-corrected chi connectivity index (χ1v) is 12.0. The molecular weight excluding hydrogens is 436 g/mol. The lowest BCUT2D eigenvalue weighted by Crippen LogP contribution is -2.51. The zero-order valence-corrected chi connectivity index (χ0v) is 21.4. The predicted octanol–water partition coefficient (Wildman–Crippen LogP) is 5.06. The lowest BCUT2D eigenvalue weighted by atomic mass is 9.87. The highest BCUT2D eigenvalue weighted by Gasteiger charge is 2.30. The van der Waals surface area contributed by atoms with Crippen molar-refractivity contribution in [3.63, 3.8) is 0 Å². The molecule has 2 amide bonds. The average molecular weight is 473 g/mol. The van der Waals surface area contributed by atoms with Crippen molar-refractivity contribution in [3.8, 4) is 5.75 Å². The zero-order chi connectivity index (χ0) is 25.4. The summed E-state index contributed by atoms with van der Waals surface area (Å²) in [7, 11) is 1.60. The molecule has 0 fully saturated rings. The smallest absolute Gasteiger partial charge is 0.261 e. The molecule has 0 saturated carbocycles. The Hall–Kier alpha value is -3.60. The van der Waals surface area contributed by atoms with Crippen molar-refractivity contribution in [2.45, 2.75) is 52.1 Å². The van der Waals surface area contributed by atoms with Gasteiger partial charge in [-0.2, -0.15) is 0 Å². The second kappa shape index (κ2) is 11.7. The summed E-state index contributed by atoms with van der Waals surface area (Å²) in [6.07, 6.45) is 0.415. The molecule has 0 aliphatic carbocycles. The molecule has 3 aromatic carbocycles. The van der Waals surface area contributed by atoms with E-state index in [9.17, 15) is 9.59 Å². The number of nitrogens with one attached hydrogen (secondary N) is 1. The predicted molar refractivity (Wildman–Crippen MR) is 140 cm³/mol. The van der Waals surface area contributed by atoms with Gasteiger partial charge in [0.1, 0.15) is 11.8 Å². The third kappa shape index (κ3) is 7.19. The molecule has 3 rings (SSSR count). The zero-order valence-electron chi connectivity index (χ0n) is 21.4. The Labute approximate surface area is 209 Å². The first kappa shape index (κ1) is 26.0. The Balaban J connectivity index is 1.85. The standard InChI is InChI=1S/C30H36N2O3/c1-22-11-9-10-14-24(22)20-32(27(29(34)31-5)19-23-12-7-6-8-13-23)28(33)21-35-26-17-15-25(16-18-26)30(2,3)4/h6-18,27H,19-21H2,1-5H3,(H,31,34)/t27-/m0/s1. The molecule has 5 heteroatoms. The van der Waals surface area contributed by atoms with Gasteiger partial charge in [-0.25, -0.2) is 0 Å². The number of nitrogens with zero attached hydrogens (tertiary/aromatic N) is 1. The third-order valence-corrected chi connectivity index (χ3v) is 6.20. The first-order chi connectivity index (χ1) is 16.7. The Bertz CT molecular complexity index is 1120. The number of aryl methyl sites for hydroxylation is 1. The molecule has 5 nitrogen and oxygen atoms in total. The van der Waals surface area contributed by atoms with E-state index in [1.165, 1.54) is 5.56 Å². The van der Waals surface area contributed by atoms with Crippen LogP contribution in [-0.2, 0) is 28.0 Å². The minimum Gasteiger partial charge on any atom is -0.484 e. The highest BCUT2D eigenvalue weighted by Crippen LogP contribution is 2.24. The van der Waals surface area contributed by atoms with Crippen LogP contribution in [0, 0.1) is 6.92 Å². The maximum absolute atomic E-state index is 13.5. The van der Waals surface area contributed by atoms with Crippen LogP contribution in [0.4, 0.5) is 0 Å². The van der Waals surface area contributed by atoms with E-state index in [1.54, 1.807) is 11.9 Å². The minimum absolute atomic E-state index is 0.0386. The number of amides is 2. The van der Waals surface area contributed by atoms with Gasteiger partial charge in [0.15, 0.2) is 6.61 Å². The molecule has 1 atom stereocenters. The van der Waals surface area contributed by atoms with Gasteiger partial charge in [-0.15, -0.1) is 0 Å². The van der Waals surface area contributed by atoms with Crippen molar-refractivity contribution in [1.82, 2.24) is 10.2 Å². The molecule has 0 spiro atoms. The van der Waals surface area contributed by atoms with Crippen molar-refractivity contribution in [1.29, 1.82) is 0 Å². The molecule has 0 saturated heterocycles. The van der Waals surface area contributed by atoms with Crippen molar-refractivity contribution < 1.29 is 14.3 Å².